The standard InChI is InChI=1S/C15H22N2O/c18-2-1-13-9-16-14(17-13)15-6-10-3-11(7-15)5-12(4-10)8-15/h9-12,18H,1-8H2,(H,16,17). The highest BCUT2D eigenvalue weighted by molar-refractivity contribution is 5.19. The molecule has 0 radical (unpaired) electrons. The maximum absolute atomic E-state index is 9.02. The largest absolute Gasteiger partial charge is 0.396 e. The summed E-state index contributed by atoms with van der Waals surface area (Å²) in [4.78, 5) is 8.16. The lowest BCUT2D eigenvalue weighted by atomic mass is 9.49. The average Bonchev–Trinajstić information content (AvgIpc) is 2.77. The van der Waals surface area contributed by atoms with Crippen molar-refractivity contribution in [3.05, 3.63) is 17.7 Å². The molecular weight excluding hydrogens is 224 g/mol. The average molecular weight is 246 g/mol. The Labute approximate surface area is 108 Å². The molecule has 4 aliphatic rings. The van der Waals surface area contributed by atoms with Crippen LogP contribution < -0.4 is 0 Å². The van der Waals surface area contributed by atoms with Crippen molar-refractivity contribution in [1.29, 1.82) is 0 Å². The van der Waals surface area contributed by atoms with Crippen LogP contribution in [0.3, 0.4) is 0 Å². The summed E-state index contributed by atoms with van der Waals surface area (Å²) in [5.74, 6) is 4.11. The highest BCUT2D eigenvalue weighted by Gasteiger charge is 2.52. The molecule has 0 aromatic carbocycles. The molecule has 0 amide bonds. The van der Waals surface area contributed by atoms with Gasteiger partial charge in [0.05, 0.1) is 0 Å². The number of H-pyrrole nitrogens is 1. The minimum atomic E-state index is 0.211. The summed E-state index contributed by atoms with van der Waals surface area (Å²) < 4.78 is 0. The van der Waals surface area contributed by atoms with E-state index in [4.69, 9.17) is 5.11 Å². The Hall–Kier alpha value is -0.830. The summed E-state index contributed by atoms with van der Waals surface area (Å²) >= 11 is 0. The van der Waals surface area contributed by atoms with Crippen LogP contribution in [0.1, 0.15) is 50.0 Å². The van der Waals surface area contributed by atoms with Crippen molar-refractivity contribution in [2.24, 2.45) is 17.8 Å². The molecule has 1 heterocycles. The lowest BCUT2D eigenvalue weighted by molar-refractivity contribution is -0.00906. The van der Waals surface area contributed by atoms with Gasteiger partial charge in [0.1, 0.15) is 5.82 Å². The van der Waals surface area contributed by atoms with Gasteiger partial charge in [-0.2, -0.15) is 0 Å². The number of aliphatic hydroxyl groups is 1. The molecule has 5 rings (SSSR count). The minimum absolute atomic E-state index is 0.211. The van der Waals surface area contributed by atoms with E-state index >= 15 is 0 Å². The third-order valence-corrected chi connectivity index (χ3v) is 5.55. The van der Waals surface area contributed by atoms with Crippen LogP contribution in [0.25, 0.3) is 0 Å². The smallest absolute Gasteiger partial charge is 0.112 e. The molecule has 4 saturated carbocycles. The van der Waals surface area contributed by atoms with E-state index in [0.717, 1.165) is 23.4 Å². The minimum Gasteiger partial charge on any atom is -0.396 e. The van der Waals surface area contributed by atoms with E-state index < -0.39 is 0 Å². The Morgan fingerprint density at radius 1 is 1.17 bits per heavy atom. The molecule has 0 aliphatic heterocycles. The summed E-state index contributed by atoms with van der Waals surface area (Å²) in [7, 11) is 0. The molecular formula is C15H22N2O. The Morgan fingerprint density at radius 3 is 2.33 bits per heavy atom. The second-order valence-corrected chi connectivity index (χ2v) is 6.93. The van der Waals surface area contributed by atoms with E-state index in [1.54, 1.807) is 0 Å². The van der Waals surface area contributed by atoms with Crippen molar-refractivity contribution >= 4 is 0 Å². The van der Waals surface area contributed by atoms with Gasteiger partial charge in [-0.3, -0.25) is 0 Å². The molecule has 4 aliphatic carbocycles. The first-order valence-electron chi connectivity index (χ1n) is 7.43. The highest BCUT2D eigenvalue weighted by atomic mass is 16.3. The summed E-state index contributed by atoms with van der Waals surface area (Å²) in [6, 6.07) is 0. The first kappa shape index (κ1) is 11.0. The molecule has 18 heavy (non-hydrogen) atoms. The molecule has 4 fully saturated rings. The molecule has 1 aromatic rings. The molecule has 3 heteroatoms. The maximum atomic E-state index is 9.02. The van der Waals surface area contributed by atoms with Crippen LogP contribution in [-0.4, -0.2) is 21.7 Å². The van der Waals surface area contributed by atoms with Crippen LogP contribution >= 0.6 is 0 Å². The van der Waals surface area contributed by atoms with Crippen LogP contribution in [0, 0.1) is 17.8 Å². The van der Waals surface area contributed by atoms with Gasteiger partial charge >= 0.3 is 0 Å². The topological polar surface area (TPSA) is 48.9 Å². The summed E-state index contributed by atoms with van der Waals surface area (Å²) in [6.07, 6.45) is 11.1. The number of nitrogens with one attached hydrogen (secondary N) is 1. The van der Waals surface area contributed by atoms with E-state index in [1.807, 2.05) is 6.20 Å². The zero-order valence-corrected chi connectivity index (χ0v) is 10.9. The lowest BCUT2D eigenvalue weighted by Gasteiger charge is -2.56. The van der Waals surface area contributed by atoms with Gasteiger partial charge in [0.25, 0.3) is 0 Å². The van der Waals surface area contributed by atoms with Crippen LogP contribution in [0.4, 0.5) is 0 Å². The van der Waals surface area contributed by atoms with Gasteiger partial charge in [0, 0.05) is 30.3 Å². The lowest BCUT2D eigenvalue weighted by Crippen LogP contribution is -2.49. The molecule has 1 aromatic heterocycles. The zero-order valence-electron chi connectivity index (χ0n) is 10.9. The monoisotopic (exact) mass is 246 g/mol. The van der Waals surface area contributed by atoms with Gasteiger partial charge in [-0.05, 0) is 56.3 Å². The third kappa shape index (κ3) is 1.56. The van der Waals surface area contributed by atoms with E-state index in [2.05, 4.69) is 9.97 Å². The van der Waals surface area contributed by atoms with E-state index in [0.29, 0.717) is 11.8 Å². The predicted octanol–water partition coefficient (Wildman–Crippen LogP) is 2.41. The molecule has 0 spiro atoms. The molecule has 3 nitrogen and oxygen atoms in total. The van der Waals surface area contributed by atoms with Crippen LogP contribution in [-0.2, 0) is 11.8 Å². The van der Waals surface area contributed by atoms with E-state index in [1.165, 1.54) is 44.3 Å². The Kier molecular flexibility index (Phi) is 2.35. The molecule has 0 unspecified atom stereocenters. The van der Waals surface area contributed by atoms with Crippen LogP contribution in [0.2, 0.25) is 0 Å². The number of imidazole rings is 1. The van der Waals surface area contributed by atoms with Crippen LogP contribution in [0.5, 0.6) is 0 Å². The van der Waals surface area contributed by atoms with Crippen molar-refractivity contribution in [2.75, 3.05) is 6.61 Å². The van der Waals surface area contributed by atoms with Gasteiger partial charge in [-0.1, -0.05) is 0 Å². The fourth-order valence-electron chi connectivity index (χ4n) is 5.28. The van der Waals surface area contributed by atoms with E-state index in [9.17, 15) is 0 Å². The third-order valence-electron chi connectivity index (χ3n) is 5.55. The van der Waals surface area contributed by atoms with Crippen molar-refractivity contribution in [3.63, 3.8) is 0 Å². The Balaban J connectivity index is 1.66. The quantitative estimate of drug-likeness (QED) is 0.860. The van der Waals surface area contributed by atoms with Crippen molar-refractivity contribution in [1.82, 2.24) is 9.97 Å². The number of aliphatic hydroxyl groups excluding tert-OH is 1. The highest BCUT2D eigenvalue weighted by Crippen LogP contribution is 2.60. The number of aromatic amines is 1. The normalized spacial score (nSPS) is 41.5. The fraction of sp³-hybridized carbons (Fsp3) is 0.800. The molecule has 4 bridgehead atoms. The van der Waals surface area contributed by atoms with Gasteiger partial charge in [-0.25, -0.2) is 4.98 Å². The Morgan fingerprint density at radius 2 is 1.78 bits per heavy atom. The number of hydrogen-bond donors (Lipinski definition) is 2. The number of hydrogen-bond acceptors (Lipinski definition) is 2. The van der Waals surface area contributed by atoms with Crippen molar-refractivity contribution in [2.45, 2.75) is 50.4 Å². The predicted molar refractivity (Wildman–Crippen MR) is 69.2 cm³/mol. The van der Waals surface area contributed by atoms with Gasteiger partial charge in [-0.15, -0.1) is 0 Å². The molecule has 0 saturated heterocycles. The second kappa shape index (κ2) is 3.83. The Bertz CT molecular complexity index is 416. The second-order valence-electron chi connectivity index (χ2n) is 6.93. The molecule has 2 N–H and O–H groups in total. The molecule has 0 atom stereocenters. The van der Waals surface area contributed by atoms with Gasteiger partial charge < -0.3 is 10.1 Å². The summed E-state index contributed by atoms with van der Waals surface area (Å²) in [6.45, 7) is 0.211. The van der Waals surface area contributed by atoms with Gasteiger partial charge in [0.2, 0.25) is 0 Å². The van der Waals surface area contributed by atoms with Crippen molar-refractivity contribution < 1.29 is 5.11 Å². The number of nitrogens with zero attached hydrogens (tertiary/aromatic N) is 1. The maximum Gasteiger partial charge on any atom is 0.112 e. The van der Waals surface area contributed by atoms with Crippen LogP contribution in [0.15, 0.2) is 6.20 Å². The number of aromatic nitrogens is 2. The summed E-state index contributed by atoms with van der Waals surface area (Å²) in [5.41, 5.74) is 1.46. The fourth-order valence-corrected chi connectivity index (χ4v) is 5.28. The number of rotatable bonds is 3. The summed E-state index contributed by atoms with van der Waals surface area (Å²) in [5, 5.41) is 9.02. The first-order valence-corrected chi connectivity index (χ1v) is 7.43. The van der Waals surface area contributed by atoms with Gasteiger partial charge in [0.15, 0.2) is 0 Å². The molecule has 98 valence electrons. The van der Waals surface area contributed by atoms with E-state index in [-0.39, 0.29) is 6.61 Å². The SMILES string of the molecule is OCCc1cnc(C23CC4CC(CC(C4)C2)C3)[nH]1. The first-order chi connectivity index (χ1) is 8.77. The zero-order chi connectivity index (χ0) is 12.2. The van der Waals surface area contributed by atoms with Crippen molar-refractivity contribution in [3.8, 4) is 0 Å².